The maximum Gasteiger partial charge on any atom is 0.174 e. The van der Waals surface area contributed by atoms with E-state index in [9.17, 15) is 0 Å². The van der Waals surface area contributed by atoms with E-state index in [4.69, 9.17) is 0 Å². The van der Waals surface area contributed by atoms with E-state index in [0.29, 0.717) is 5.82 Å². The first kappa shape index (κ1) is 10.6. The van der Waals surface area contributed by atoms with E-state index in [2.05, 4.69) is 15.2 Å². The van der Waals surface area contributed by atoms with Crippen LogP contribution >= 0.6 is 0 Å². The number of nitrogens with zero attached hydrogens (tertiary/aromatic N) is 3. The molecule has 1 heterocycles. The minimum atomic E-state index is 0.623. The molecule has 3 aromatic rings. The smallest absolute Gasteiger partial charge is 0.174 e. The first-order valence-corrected chi connectivity index (χ1v) is 5.74. The predicted molar refractivity (Wildman–Crippen MR) is 72.4 cm³/mol. The van der Waals surface area contributed by atoms with Crippen LogP contribution in [-0.4, -0.2) is 4.98 Å². The summed E-state index contributed by atoms with van der Waals surface area (Å²) in [6.07, 6.45) is 0. The van der Waals surface area contributed by atoms with Gasteiger partial charge in [-0.15, -0.1) is 10.2 Å². The van der Waals surface area contributed by atoms with Crippen LogP contribution in [0.4, 0.5) is 11.5 Å². The van der Waals surface area contributed by atoms with Crippen molar-refractivity contribution in [3.05, 3.63) is 66.7 Å². The zero-order valence-corrected chi connectivity index (χ0v) is 9.69. The molecule has 0 aliphatic carbocycles. The summed E-state index contributed by atoms with van der Waals surface area (Å²) in [4.78, 5) is 4.43. The van der Waals surface area contributed by atoms with Crippen molar-refractivity contribution in [3.63, 3.8) is 0 Å². The number of benzene rings is 2. The summed E-state index contributed by atoms with van der Waals surface area (Å²) in [5.41, 5.74) is 1.76. The Kier molecular flexibility index (Phi) is 2.80. The average molecular weight is 233 g/mol. The van der Waals surface area contributed by atoms with E-state index < -0.39 is 0 Å². The van der Waals surface area contributed by atoms with Crippen molar-refractivity contribution in [1.29, 1.82) is 0 Å². The standard InChI is InChI=1S/C15H11N3/c1-2-7-13(8-3-1)17-18-15-11-10-12-6-4-5-9-14(12)16-15/h1-11H. The van der Waals surface area contributed by atoms with Gasteiger partial charge in [-0.1, -0.05) is 36.4 Å². The van der Waals surface area contributed by atoms with E-state index in [1.807, 2.05) is 66.7 Å². The van der Waals surface area contributed by atoms with Crippen molar-refractivity contribution >= 4 is 22.4 Å². The summed E-state index contributed by atoms with van der Waals surface area (Å²) in [5, 5.41) is 9.39. The second-order valence-corrected chi connectivity index (χ2v) is 3.90. The average Bonchev–Trinajstić information content (AvgIpc) is 2.46. The lowest BCUT2D eigenvalue weighted by Crippen LogP contribution is -1.77. The molecule has 0 fully saturated rings. The topological polar surface area (TPSA) is 37.6 Å². The van der Waals surface area contributed by atoms with Crippen molar-refractivity contribution in [2.24, 2.45) is 10.2 Å². The number of fused-ring (bicyclic) bond motifs is 1. The molecule has 3 rings (SSSR count). The van der Waals surface area contributed by atoms with Gasteiger partial charge in [-0.3, -0.25) is 0 Å². The molecule has 0 bridgehead atoms. The molecule has 3 heteroatoms. The molecule has 1 aromatic heterocycles. The van der Waals surface area contributed by atoms with Gasteiger partial charge in [0, 0.05) is 5.39 Å². The molecular weight excluding hydrogens is 222 g/mol. The highest BCUT2D eigenvalue weighted by Gasteiger charge is 1.95. The monoisotopic (exact) mass is 233 g/mol. The Balaban J connectivity index is 1.93. The number of hydrogen-bond acceptors (Lipinski definition) is 3. The van der Waals surface area contributed by atoms with Crippen LogP contribution in [0.25, 0.3) is 10.9 Å². The van der Waals surface area contributed by atoms with Crippen LogP contribution in [0.15, 0.2) is 77.0 Å². The third kappa shape index (κ3) is 2.25. The lowest BCUT2D eigenvalue weighted by atomic mass is 10.2. The van der Waals surface area contributed by atoms with Gasteiger partial charge in [0.1, 0.15) is 0 Å². The van der Waals surface area contributed by atoms with E-state index in [1.165, 1.54) is 0 Å². The highest BCUT2D eigenvalue weighted by atomic mass is 15.1. The molecule has 2 aromatic carbocycles. The van der Waals surface area contributed by atoms with Crippen LogP contribution in [0.3, 0.4) is 0 Å². The molecule has 0 radical (unpaired) electrons. The van der Waals surface area contributed by atoms with Gasteiger partial charge in [-0.05, 0) is 30.3 Å². The molecule has 86 valence electrons. The molecule has 0 aliphatic rings. The Morgan fingerprint density at radius 3 is 2.33 bits per heavy atom. The third-order valence-electron chi connectivity index (χ3n) is 2.61. The van der Waals surface area contributed by atoms with E-state index >= 15 is 0 Å². The van der Waals surface area contributed by atoms with Gasteiger partial charge in [0.25, 0.3) is 0 Å². The highest BCUT2D eigenvalue weighted by molar-refractivity contribution is 5.79. The first-order chi connectivity index (χ1) is 8.92. The van der Waals surface area contributed by atoms with Crippen LogP contribution in [-0.2, 0) is 0 Å². The fraction of sp³-hybridized carbons (Fsp3) is 0. The van der Waals surface area contributed by atoms with Crippen molar-refractivity contribution < 1.29 is 0 Å². The SMILES string of the molecule is c1ccc(N=Nc2ccc3ccccc3n2)cc1. The van der Waals surface area contributed by atoms with Crippen LogP contribution in [0.5, 0.6) is 0 Å². The molecule has 3 nitrogen and oxygen atoms in total. The maximum absolute atomic E-state index is 4.43. The van der Waals surface area contributed by atoms with Gasteiger partial charge in [0.05, 0.1) is 11.2 Å². The summed E-state index contributed by atoms with van der Waals surface area (Å²) in [6, 6.07) is 21.5. The van der Waals surface area contributed by atoms with Gasteiger partial charge in [0.2, 0.25) is 0 Å². The second-order valence-electron chi connectivity index (χ2n) is 3.90. The molecule has 0 unspecified atom stereocenters. The van der Waals surface area contributed by atoms with Gasteiger partial charge in [-0.2, -0.15) is 0 Å². The van der Waals surface area contributed by atoms with Crippen molar-refractivity contribution in [1.82, 2.24) is 4.98 Å². The van der Waals surface area contributed by atoms with E-state index in [0.717, 1.165) is 16.6 Å². The third-order valence-corrected chi connectivity index (χ3v) is 2.61. The fourth-order valence-corrected chi connectivity index (χ4v) is 1.71. The quantitative estimate of drug-likeness (QED) is 0.593. The van der Waals surface area contributed by atoms with Gasteiger partial charge in [-0.25, -0.2) is 4.98 Å². The molecule has 0 spiro atoms. The van der Waals surface area contributed by atoms with Crippen LogP contribution < -0.4 is 0 Å². The summed E-state index contributed by atoms with van der Waals surface area (Å²) < 4.78 is 0. The van der Waals surface area contributed by atoms with Crippen molar-refractivity contribution in [3.8, 4) is 0 Å². The summed E-state index contributed by atoms with van der Waals surface area (Å²) in [6.45, 7) is 0. The molecular formula is C15H11N3. The van der Waals surface area contributed by atoms with Gasteiger partial charge >= 0.3 is 0 Å². The summed E-state index contributed by atoms with van der Waals surface area (Å²) in [5.74, 6) is 0.623. The van der Waals surface area contributed by atoms with Crippen LogP contribution in [0, 0.1) is 0 Å². The molecule has 0 aliphatic heterocycles. The van der Waals surface area contributed by atoms with Crippen LogP contribution in [0.2, 0.25) is 0 Å². The molecule has 0 saturated carbocycles. The van der Waals surface area contributed by atoms with Gasteiger partial charge in [0.15, 0.2) is 5.82 Å². The summed E-state index contributed by atoms with van der Waals surface area (Å²) >= 11 is 0. The van der Waals surface area contributed by atoms with Gasteiger partial charge < -0.3 is 0 Å². The molecule has 0 N–H and O–H groups in total. The number of pyridine rings is 1. The number of para-hydroxylation sites is 1. The molecule has 18 heavy (non-hydrogen) atoms. The minimum Gasteiger partial charge on any atom is -0.227 e. The zero-order chi connectivity index (χ0) is 12.2. The first-order valence-electron chi connectivity index (χ1n) is 5.74. The van der Waals surface area contributed by atoms with E-state index in [1.54, 1.807) is 0 Å². The lowest BCUT2D eigenvalue weighted by molar-refractivity contribution is 1.18. The Hall–Kier alpha value is -2.55. The van der Waals surface area contributed by atoms with Crippen molar-refractivity contribution in [2.75, 3.05) is 0 Å². The number of azo groups is 1. The molecule has 0 amide bonds. The molecule has 0 saturated heterocycles. The lowest BCUT2D eigenvalue weighted by Gasteiger charge is -1.97. The molecule has 0 atom stereocenters. The Morgan fingerprint density at radius 1 is 0.667 bits per heavy atom. The second kappa shape index (κ2) is 4.75. The Labute approximate surface area is 105 Å². The fourth-order valence-electron chi connectivity index (χ4n) is 1.71. The highest BCUT2D eigenvalue weighted by Crippen LogP contribution is 2.19. The zero-order valence-electron chi connectivity index (χ0n) is 9.69. The Bertz CT molecular complexity index is 690. The number of aromatic nitrogens is 1. The number of rotatable bonds is 2. The normalized spacial score (nSPS) is 11.1. The summed E-state index contributed by atoms with van der Waals surface area (Å²) in [7, 11) is 0. The number of hydrogen-bond donors (Lipinski definition) is 0. The van der Waals surface area contributed by atoms with E-state index in [-0.39, 0.29) is 0 Å². The Morgan fingerprint density at radius 2 is 1.44 bits per heavy atom. The minimum absolute atomic E-state index is 0.623. The largest absolute Gasteiger partial charge is 0.227 e. The predicted octanol–water partition coefficient (Wildman–Crippen LogP) is 4.65. The maximum atomic E-state index is 4.43. The van der Waals surface area contributed by atoms with Crippen LogP contribution in [0.1, 0.15) is 0 Å². The van der Waals surface area contributed by atoms with Crippen molar-refractivity contribution in [2.45, 2.75) is 0 Å².